The molecule has 0 unspecified atom stereocenters. The largest absolute Gasteiger partial charge is 0.261 e. The van der Waals surface area contributed by atoms with E-state index in [1.807, 2.05) is 6.20 Å². The molecule has 1 aromatic heterocycles. The van der Waals surface area contributed by atoms with E-state index < -0.39 is 8.07 Å². The van der Waals surface area contributed by atoms with Gasteiger partial charge in [-0.05, 0) is 39.3 Å². The second-order valence-corrected chi connectivity index (χ2v) is 10.5. The third-order valence-corrected chi connectivity index (χ3v) is 10.0. The van der Waals surface area contributed by atoms with Gasteiger partial charge in [0.05, 0.1) is 0 Å². The normalized spacial score (nSPS) is 11.3. The van der Waals surface area contributed by atoms with Crippen LogP contribution < -0.4 is 20.7 Å². The van der Waals surface area contributed by atoms with Crippen molar-refractivity contribution in [1.29, 1.82) is 0 Å². The van der Waals surface area contributed by atoms with Gasteiger partial charge in [0.15, 0.2) is 8.07 Å². The zero-order chi connectivity index (χ0) is 18.5. The van der Waals surface area contributed by atoms with Crippen LogP contribution >= 0.6 is 0 Å². The Labute approximate surface area is 162 Å². The van der Waals surface area contributed by atoms with Crippen molar-refractivity contribution in [1.82, 2.24) is 4.98 Å². The van der Waals surface area contributed by atoms with Gasteiger partial charge in [-0.15, -0.1) is 0 Å². The van der Waals surface area contributed by atoms with E-state index >= 15 is 0 Å². The zero-order valence-corrected chi connectivity index (χ0v) is 16.5. The number of pyridine rings is 1. The Morgan fingerprint density at radius 3 is 1.44 bits per heavy atom. The molecule has 0 aliphatic carbocycles. The van der Waals surface area contributed by atoms with Crippen LogP contribution in [0.4, 0.5) is 0 Å². The molecule has 4 rings (SSSR count). The monoisotopic (exact) mass is 365 g/mol. The Kier molecular flexibility index (Phi) is 4.99. The number of rotatable bonds is 5. The lowest BCUT2D eigenvalue weighted by molar-refractivity contribution is 1.04. The van der Waals surface area contributed by atoms with Gasteiger partial charge in [-0.2, -0.15) is 0 Å². The van der Waals surface area contributed by atoms with E-state index in [2.05, 4.69) is 115 Å². The smallest absolute Gasteiger partial charge is 0.179 e. The molecule has 0 saturated heterocycles. The molecule has 0 N–H and O–H groups in total. The Morgan fingerprint density at radius 2 is 1.04 bits per heavy atom. The van der Waals surface area contributed by atoms with Crippen LogP contribution in [0.1, 0.15) is 12.6 Å². The van der Waals surface area contributed by atoms with E-state index in [0.29, 0.717) is 0 Å². The maximum absolute atomic E-state index is 4.57. The minimum Gasteiger partial charge on any atom is -0.261 e. The van der Waals surface area contributed by atoms with Crippen LogP contribution in [0.25, 0.3) is 0 Å². The summed E-state index contributed by atoms with van der Waals surface area (Å²) in [4.78, 5) is 4.57. The summed E-state index contributed by atoms with van der Waals surface area (Å²) in [5.74, 6) is 0. The molecule has 132 valence electrons. The standard InChI is InChI=1S/C25H23NSi/c1-2-21-20-25(18-19-26-21)27(22-12-6-3-7-13-22,23-14-8-4-9-15-23)24-16-10-5-11-17-24/h3-20H,2H2,1H3. The predicted molar refractivity (Wildman–Crippen MR) is 117 cm³/mol. The Balaban J connectivity index is 2.12. The van der Waals surface area contributed by atoms with Gasteiger partial charge in [-0.3, -0.25) is 4.98 Å². The molecule has 1 heterocycles. The summed E-state index contributed by atoms with van der Waals surface area (Å²) >= 11 is 0. The van der Waals surface area contributed by atoms with Crippen LogP contribution in [0.5, 0.6) is 0 Å². The van der Waals surface area contributed by atoms with Crippen LogP contribution in [0.15, 0.2) is 109 Å². The lowest BCUT2D eigenvalue weighted by Crippen LogP contribution is -2.74. The predicted octanol–water partition coefficient (Wildman–Crippen LogP) is 3.02. The fourth-order valence-corrected chi connectivity index (χ4v) is 8.75. The van der Waals surface area contributed by atoms with Crippen LogP contribution in [0.2, 0.25) is 0 Å². The van der Waals surface area contributed by atoms with Gasteiger partial charge in [0.2, 0.25) is 0 Å². The van der Waals surface area contributed by atoms with E-state index in [9.17, 15) is 0 Å². The lowest BCUT2D eigenvalue weighted by Gasteiger charge is -2.34. The first-order valence-corrected chi connectivity index (χ1v) is 11.5. The molecular weight excluding hydrogens is 342 g/mol. The van der Waals surface area contributed by atoms with Crippen molar-refractivity contribution >= 4 is 28.8 Å². The third kappa shape index (κ3) is 3.13. The molecule has 27 heavy (non-hydrogen) atoms. The highest BCUT2D eigenvalue weighted by atomic mass is 28.3. The number of nitrogens with zero attached hydrogens (tertiary/aromatic N) is 1. The molecule has 0 bridgehead atoms. The molecular formula is C25H23NSi. The second-order valence-electron chi connectivity index (χ2n) is 6.74. The highest BCUT2D eigenvalue weighted by Crippen LogP contribution is 2.10. The maximum Gasteiger partial charge on any atom is 0.179 e. The van der Waals surface area contributed by atoms with Gasteiger partial charge in [0.25, 0.3) is 0 Å². The van der Waals surface area contributed by atoms with E-state index in [0.717, 1.165) is 12.1 Å². The molecule has 3 aromatic carbocycles. The van der Waals surface area contributed by atoms with Crippen molar-refractivity contribution < 1.29 is 0 Å². The average Bonchev–Trinajstić information content (AvgIpc) is 2.77. The molecule has 0 fully saturated rings. The summed E-state index contributed by atoms with van der Waals surface area (Å²) in [6.07, 6.45) is 2.92. The van der Waals surface area contributed by atoms with Crippen LogP contribution in [-0.2, 0) is 6.42 Å². The van der Waals surface area contributed by atoms with Gasteiger partial charge >= 0.3 is 0 Å². The Bertz CT molecular complexity index is 901. The van der Waals surface area contributed by atoms with E-state index in [4.69, 9.17) is 0 Å². The molecule has 0 radical (unpaired) electrons. The first kappa shape index (κ1) is 17.4. The SMILES string of the molecule is CCc1cc([Si](c2ccccc2)(c2ccccc2)c2ccccc2)ccn1. The van der Waals surface area contributed by atoms with Gasteiger partial charge in [0.1, 0.15) is 0 Å². The number of hydrogen-bond acceptors (Lipinski definition) is 1. The van der Waals surface area contributed by atoms with Gasteiger partial charge < -0.3 is 0 Å². The highest BCUT2D eigenvalue weighted by Gasteiger charge is 2.41. The van der Waals surface area contributed by atoms with Gasteiger partial charge in [-0.25, -0.2) is 0 Å². The summed E-state index contributed by atoms with van der Waals surface area (Å²) < 4.78 is 0. The number of aromatic nitrogens is 1. The number of aryl methyl sites for hydroxylation is 1. The van der Waals surface area contributed by atoms with Crippen LogP contribution in [0.3, 0.4) is 0 Å². The molecule has 2 heteroatoms. The lowest BCUT2D eigenvalue weighted by atomic mass is 10.3. The molecule has 0 spiro atoms. The molecule has 0 saturated carbocycles. The van der Waals surface area contributed by atoms with Crippen LogP contribution in [0, 0.1) is 0 Å². The number of benzene rings is 3. The van der Waals surface area contributed by atoms with Crippen molar-refractivity contribution in [3.63, 3.8) is 0 Å². The van der Waals surface area contributed by atoms with Gasteiger partial charge in [-0.1, -0.05) is 97.9 Å². The van der Waals surface area contributed by atoms with Crippen LogP contribution in [-0.4, -0.2) is 13.1 Å². The quantitative estimate of drug-likeness (QED) is 0.391. The summed E-state index contributed by atoms with van der Waals surface area (Å²) in [7, 11) is -2.39. The minimum absolute atomic E-state index is 0.941. The molecule has 0 amide bonds. The van der Waals surface area contributed by atoms with Crippen molar-refractivity contribution in [3.05, 3.63) is 115 Å². The molecule has 0 aliphatic heterocycles. The number of hydrogen-bond donors (Lipinski definition) is 0. The summed E-state index contributed by atoms with van der Waals surface area (Å²) in [5.41, 5.74) is 1.15. The molecule has 0 atom stereocenters. The topological polar surface area (TPSA) is 12.9 Å². The summed E-state index contributed by atoms with van der Waals surface area (Å²) in [6, 6.07) is 37.5. The molecule has 4 aromatic rings. The van der Waals surface area contributed by atoms with Crippen molar-refractivity contribution in [2.75, 3.05) is 0 Å². The van der Waals surface area contributed by atoms with E-state index in [-0.39, 0.29) is 0 Å². The highest BCUT2D eigenvalue weighted by molar-refractivity contribution is 7.19. The molecule has 1 nitrogen and oxygen atoms in total. The second kappa shape index (κ2) is 7.73. The average molecular weight is 366 g/mol. The Morgan fingerprint density at radius 1 is 0.593 bits per heavy atom. The molecule has 0 aliphatic rings. The van der Waals surface area contributed by atoms with Gasteiger partial charge in [0, 0.05) is 11.9 Å². The third-order valence-electron chi connectivity index (χ3n) is 5.23. The fourth-order valence-electron chi connectivity index (χ4n) is 3.97. The van der Waals surface area contributed by atoms with Crippen molar-refractivity contribution in [3.8, 4) is 0 Å². The zero-order valence-electron chi connectivity index (χ0n) is 15.5. The summed E-state index contributed by atoms with van der Waals surface area (Å²) in [6.45, 7) is 2.17. The summed E-state index contributed by atoms with van der Waals surface area (Å²) in [5, 5.41) is 5.58. The maximum atomic E-state index is 4.57. The fraction of sp³-hybridized carbons (Fsp3) is 0.0800. The minimum atomic E-state index is -2.39. The Hall–Kier alpha value is -2.97. The van der Waals surface area contributed by atoms with E-state index in [1.165, 1.54) is 20.7 Å². The van der Waals surface area contributed by atoms with E-state index in [1.54, 1.807) is 0 Å². The first-order valence-electron chi connectivity index (χ1n) is 9.47. The van der Waals surface area contributed by atoms with Crippen molar-refractivity contribution in [2.24, 2.45) is 0 Å². The first-order chi connectivity index (χ1) is 13.4. The van der Waals surface area contributed by atoms with Crippen molar-refractivity contribution in [2.45, 2.75) is 13.3 Å².